The lowest BCUT2D eigenvalue weighted by atomic mass is 9.65. The van der Waals surface area contributed by atoms with Gasteiger partial charge in [-0.25, -0.2) is 4.79 Å². The molecule has 3 rings (SSSR count). The zero-order chi connectivity index (χ0) is 20.8. The van der Waals surface area contributed by atoms with Crippen molar-refractivity contribution >= 4 is 21.9 Å². The highest BCUT2D eigenvalue weighted by molar-refractivity contribution is 9.09. The quantitative estimate of drug-likeness (QED) is 0.251. The van der Waals surface area contributed by atoms with Gasteiger partial charge >= 0.3 is 5.97 Å². The maximum Gasteiger partial charge on any atom is 0.334 e. The molecule has 0 unspecified atom stereocenters. The number of allylic oxidation sites excluding steroid dienone is 1. The summed E-state index contributed by atoms with van der Waals surface area (Å²) in [5.74, 6) is -1.62. The Balaban J connectivity index is 2.21. The fourth-order valence-corrected chi connectivity index (χ4v) is 4.70. The molecular weight excluding hydrogens is 434 g/mol. The van der Waals surface area contributed by atoms with Gasteiger partial charge in [-0.15, -0.1) is 0 Å². The molecule has 0 aromatic heterocycles. The van der Waals surface area contributed by atoms with E-state index in [-0.39, 0.29) is 16.8 Å². The lowest BCUT2D eigenvalue weighted by Crippen LogP contribution is -2.43. The lowest BCUT2D eigenvalue weighted by Gasteiger charge is -2.37. The van der Waals surface area contributed by atoms with Crippen LogP contribution in [0.5, 0.6) is 0 Å². The Morgan fingerprint density at radius 2 is 1.66 bits per heavy atom. The molecule has 0 aliphatic heterocycles. The van der Waals surface area contributed by atoms with E-state index in [4.69, 9.17) is 4.74 Å². The van der Waals surface area contributed by atoms with Crippen LogP contribution in [-0.4, -0.2) is 29.4 Å². The van der Waals surface area contributed by atoms with Crippen molar-refractivity contribution in [2.24, 2.45) is 5.92 Å². The van der Waals surface area contributed by atoms with Gasteiger partial charge in [0.15, 0.2) is 0 Å². The summed E-state index contributed by atoms with van der Waals surface area (Å²) in [6, 6.07) is 17.9. The van der Waals surface area contributed by atoms with E-state index in [9.17, 15) is 14.9 Å². The number of methoxy groups -OCH3 is 1. The Morgan fingerprint density at radius 1 is 1.07 bits per heavy atom. The van der Waals surface area contributed by atoms with Crippen LogP contribution in [0.4, 0.5) is 0 Å². The standard InChI is InChI=1S/C23H24BrNO4/c1-29-23(26)19-15-18(13-8-14-24)20(16-9-4-2-5-10-16)22(25(27)28)21(19)17-11-6-3-7-12-17/h2-7,9-12,15,18,20-22H,8,13-14H2,1H3/t18-,20+,21+,22+/m0/s1. The van der Waals surface area contributed by atoms with E-state index in [0.29, 0.717) is 5.57 Å². The summed E-state index contributed by atoms with van der Waals surface area (Å²) in [4.78, 5) is 24.9. The summed E-state index contributed by atoms with van der Waals surface area (Å²) in [5, 5.41) is 13.2. The number of alkyl halides is 1. The van der Waals surface area contributed by atoms with E-state index in [1.807, 2.05) is 66.7 Å². The van der Waals surface area contributed by atoms with Gasteiger partial charge in [0.1, 0.15) is 0 Å². The molecule has 0 saturated heterocycles. The number of rotatable bonds is 7. The minimum absolute atomic E-state index is 0.126. The summed E-state index contributed by atoms with van der Waals surface area (Å²) in [7, 11) is 1.32. The first-order valence-corrected chi connectivity index (χ1v) is 10.8. The number of hydrogen-bond acceptors (Lipinski definition) is 4. The minimum atomic E-state index is -0.959. The van der Waals surface area contributed by atoms with Crippen molar-refractivity contribution in [3.8, 4) is 0 Å². The number of nitro groups is 1. The third-order valence-electron chi connectivity index (χ3n) is 5.58. The second-order valence-corrected chi connectivity index (χ2v) is 8.00. The average molecular weight is 458 g/mol. The van der Waals surface area contributed by atoms with Crippen molar-refractivity contribution in [2.75, 3.05) is 12.4 Å². The van der Waals surface area contributed by atoms with Crippen LogP contribution in [-0.2, 0) is 9.53 Å². The van der Waals surface area contributed by atoms with Crippen LogP contribution in [0.25, 0.3) is 0 Å². The zero-order valence-electron chi connectivity index (χ0n) is 16.2. The summed E-state index contributed by atoms with van der Waals surface area (Å²) in [6.07, 6.45) is 3.53. The number of carbonyl (C=O) groups excluding carboxylic acids is 1. The second kappa shape index (κ2) is 9.83. The van der Waals surface area contributed by atoms with Crippen molar-refractivity contribution in [2.45, 2.75) is 30.7 Å². The highest BCUT2D eigenvalue weighted by atomic mass is 79.9. The smallest absolute Gasteiger partial charge is 0.334 e. The van der Waals surface area contributed by atoms with Gasteiger partial charge < -0.3 is 4.74 Å². The van der Waals surface area contributed by atoms with Crippen LogP contribution >= 0.6 is 15.9 Å². The molecule has 0 spiro atoms. The Hall–Kier alpha value is -2.47. The highest BCUT2D eigenvalue weighted by Crippen LogP contribution is 2.47. The van der Waals surface area contributed by atoms with Crippen LogP contribution in [0.3, 0.4) is 0 Å². The van der Waals surface area contributed by atoms with E-state index in [0.717, 1.165) is 29.3 Å². The van der Waals surface area contributed by atoms with Crippen LogP contribution in [0.2, 0.25) is 0 Å². The van der Waals surface area contributed by atoms with Crippen molar-refractivity contribution < 1.29 is 14.5 Å². The Kier molecular flexibility index (Phi) is 7.20. The highest BCUT2D eigenvalue weighted by Gasteiger charge is 2.50. The SMILES string of the molecule is COC(=O)C1=C[C@H](CCCBr)[C@@H](c2ccccc2)[C@@H]([N+](=O)[O-])[C@@H]1c1ccccc1. The summed E-state index contributed by atoms with van der Waals surface area (Å²) in [5.41, 5.74) is 2.06. The van der Waals surface area contributed by atoms with E-state index >= 15 is 0 Å². The minimum Gasteiger partial charge on any atom is -0.466 e. The zero-order valence-corrected chi connectivity index (χ0v) is 17.8. The lowest BCUT2D eigenvalue weighted by molar-refractivity contribution is -0.531. The van der Waals surface area contributed by atoms with Crippen molar-refractivity contribution in [1.29, 1.82) is 0 Å². The van der Waals surface area contributed by atoms with Gasteiger partial charge in [-0.2, -0.15) is 0 Å². The molecule has 1 aliphatic carbocycles. The van der Waals surface area contributed by atoms with Crippen molar-refractivity contribution in [1.82, 2.24) is 0 Å². The Labute approximate surface area is 179 Å². The number of esters is 1. The largest absolute Gasteiger partial charge is 0.466 e. The molecule has 0 saturated carbocycles. The summed E-state index contributed by atoms with van der Waals surface area (Å²) < 4.78 is 5.02. The molecule has 152 valence electrons. The number of ether oxygens (including phenoxy) is 1. The molecule has 1 aliphatic rings. The first-order valence-electron chi connectivity index (χ1n) is 9.67. The molecule has 0 heterocycles. The maximum absolute atomic E-state index is 12.7. The van der Waals surface area contributed by atoms with Crippen molar-refractivity contribution in [3.63, 3.8) is 0 Å². The van der Waals surface area contributed by atoms with Crippen LogP contribution in [0, 0.1) is 16.0 Å². The third kappa shape index (κ3) is 4.58. The fourth-order valence-electron chi connectivity index (χ4n) is 4.38. The Morgan fingerprint density at radius 3 is 2.17 bits per heavy atom. The molecule has 6 heteroatoms. The number of benzene rings is 2. The summed E-state index contributed by atoms with van der Waals surface area (Å²) >= 11 is 3.46. The topological polar surface area (TPSA) is 69.4 Å². The molecule has 29 heavy (non-hydrogen) atoms. The molecular formula is C23H24BrNO4. The second-order valence-electron chi connectivity index (χ2n) is 7.21. The van der Waals surface area contributed by atoms with Gasteiger partial charge in [-0.05, 0) is 29.9 Å². The van der Waals surface area contributed by atoms with Gasteiger partial charge in [-0.3, -0.25) is 10.1 Å². The molecule has 0 N–H and O–H groups in total. The van der Waals surface area contributed by atoms with Gasteiger partial charge in [0.25, 0.3) is 0 Å². The van der Waals surface area contributed by atoms with Gasteiger partial charge in [0, 0.05) is 15.8 Å². The molecule has 2 aromatic carbocycles. The monoisotopic (exact) mass is 457 g/mol. The molecule has 0 radical (unpaired) electrons. The van der Waals surface area contributed by atoms with E-state index < -0.39 is 17.9 Å². The fraction of sp³-hybridized carbons (Fsp3) is 0.348. The van der Waals surface area contributed by atoms with Crippen LogP contribution in [0.15, 0.2) is 72.3 Å². The maximum atomic E-state index is 12.7. The number of nitrogens with zero attached hydrogens (tertiary/aromatic N) is 1. The first kappa shape index (κ1) is 21.2. The van der Waals surface area contributed by atoms with Gasteiger partial charge in [-0.1, -0.05) is 82.7 Å². The Bertz CT molecular complexity index is 869. The van der Waals surface area contributed by atoms with Gasteiger partial charge in [0.2, 0.25) is 6.04 Å². The van der Waals surface area contributed by atoms with Crippen LogP contribution < -0.4 is 0 Å². The average Bonchev–Trinajstić information content (AvgIpc) is 2.77. The van der Waals surface area contributed by atoms with E-state index in [2.05, 4.69) is 15.9 Å². The molecule has 0 bridgehead atoms. The number of carbonyl (C=O) groups is 1. The molecule has 0 fully saturated rings. The van der Waals surface area contributed by atoms with E-state index in [1.54, 1.807) is 0 Å². The predicted octanol–water partition coefficient (Wildman–Crippen LogP) is 5.10. The summed E-state index contributed by atoms with van der Waals surface area (Å²) in [6.45, 7) is 0. The molecule has 2 aromatic rings. The predicted molar refractivity (Wildman–Crippen MR) is 116 cm³/mol. The first-order chi connectivity index (χ1) is 14.1. The molecule has 4 atom stereocenters. The third-order valence-corrected chi connectivity index (χ3v) is 6.14. The van der Waals surface area contributed by atoms with Gasteiger partial charge in [0.05, 0.1) is 18.9 Å². The number of halogens is 1. The molecule has 0 amide bonds. The van der Waals surface area contributed by atoms with Crippen molar-refractivity contribution in [3.05, 3.63) is 93.6 Å². The normalized spacial score (nSPS) is 23.9. The molecule has 5 nitrogen and oxygen atoms in total. The number of hydrogen-bond donors (Lipinski definition) is 0. The van der Waals surface area contributed by atoms with E-state index in [1.165, 1.54) is 7.11 Å². The van der Waals surface area contributed by atoms with Crippen LogP contribution in [0.1, 0.15) is 35.8 Å².